The highest BCUT2D eigenvalue weighted by Gasteiger charge is 2.19. The summed E-state index contributed by atoms with van der Waals surface area (Å²) in [6.45, 7) is 1.55. The van der Waals surface area contributed by atoms with E-state index in [-0.39, 0.29) is 6.54 Å². The van der Waals surface area contributed by atoms with E-state index in [0.717, 1.165) is 11.3 Å². The van der Waals surface area contributed by atoms with Gasteiger partial charge in [-0.1, -0.05) is 11.3 Å². The number of nitrogens with one attached hydrogen (secondary N) is 1. The Morgan fingerprint density at radius 2 is 2.29 bits per heavy atom. The first-order valence-corrected chi connectivity index (χ1v) is 5.54. The van der Waals surface area contributed by atoms with Crippen molar-refractivity contribution in [1.29, 1.82) is 0 Å². The van der Waals surface area contributed by atoms with Gasteiger partial charge in [0.05, 0.1) is 12.2 Å². The van der Waals surface area contributed by atoms with Crippen LogP contribution in [0.3, 0.4) is 0 Å². The van der Waals surface area contributed by atoms with E-state index in [4.69, 9.17) is 10.8 Å². The summed E-state index contributed by atoms with van der Waals surface area (Å²) in [7, 11) is 1.26. The molecule has 0 aliphatic rings. The molecule has 1 amide bonds. The van der Waals surface area contributed by atoms with Crippen molar-refractivity contribution in [2.75, 3.05) is 19.4 Å². The zero-order valence-corrected chi connectivity index (χ0v) is 10.2. The Labute approximate surface area is 102 Å². The largest absolute Gasteiger partial charge is 0.479 e. The van der Waals surface area contributed by atoms with E-state index in [0.29, 0.717) is 15.7 Å². The van der Waals surface area contributed by atoms with Crippen LogP contribution in [-0.2, 0) is 9.53 Å². The number of hydrogen-bond donors (Lipinski definition) is 3. The van der Waals surface area contributed by atoms with Crippen LogP contribution < -0.4 is 11.1 Å². The molecule has 7 nitrogen and oxygen atoms in total. The van der Waals surface area contributed by atoms with E-state index < -0.39 is 18.0 Å². The number of carbonyl (C=O) groups is 2. The second-order valence-electron chi connectivity index (χ2n) is 3.24. The number of nitrogen functional groups attached to an aromatic ring is 1. The highest BCUT2D eigenvalue weighted by Crippen LogP contribution is 2.19. The normalized spacial score (nSPS) is 12.1. The molecular weight excluding hydrogens is 246 g/mol. The summed E-state index contributed by atoms with van der Waals surface area (Å²) in [6.07, 6.45) is -1.07. The van der Waals surface area contributed by atoms with Crippen molar-refractivity contribution < 1.29 is 19.4 Å². The van der Waals surface area contributed by atoms with E-state index in [1.807, 2.05) is 0 Å². The molecule has 0 spiro atoms. The molecule has 0 fully saturated rings. The Bertz CT molecular complexity index is 432. The molecule has 1 aromatic rings. The summed E-state index contributed by atoms with van der Waals surface area (Å²) in [4.78, 5) is 26.6. The minimum atomic E-state index is -1.13. The van der Waals surface area contributed by atoms with Gasteiger partial charge in [0.15, 0.2) is 11.2 Å². The van der Waals surface area contributed by atoms with Crippen molar-refractivity contribution >= 4 is 28.3 Å². The maximum absolute atomic E-state index is 11.7. The third-order valence-electron chi connectivity index (χ3n) is 2.03. The summed E-state index contributed by atoms with van der Waals surface area (Å²) >= 11 is 1.06. The van der Waals surface area contributed by atoms with E-state index in [2.05, 4.69) is 15.0 Å². The van der Waals surface area contributed by atoms with Crippen LogP contribution in [0.5, 0.6) is 0 Å². The van der Waals surface area contributed by atoms with Gasteiger partial charge in [0.2, 0.25) is 0 Å². The van der Waals surface area contributed by atoms with Gasteiger partial charge in [0.25, 0.3) is 5.91 Å². The van der Waals surface area contributed by atoms with Crippen LogP contribution in [0.4, 0.5) is 5.13 Å². The fourth-order valence-electron chi connectivity index (χ4n) is 1.17. The lowest BCUT2D eigenvalue weighted by Gasteiger charge is -2.10. The summed E-state index contributed by atoms with van der Waals surface area (Å²) in [5, 5.41) is 11.5. The number of anilines is 1. The predicted molar refractivity (Wildman–Crippen MR) is 62.0 cm³/mol. The smallest absolute Gasteiger partial charge is 0.334 e. The topological polar surface area (TPSA) is 115 Å². The van der Waals surface area contributed by atoms with Crippen molar-refractivity contribution in [2.45, 2.75) is 13.0 Å². The fourth-order valence-corrected chi connectivity index (χ4v) is 1.92. The zero-order valence-electron chi connectivity index (χ0n) is 9.39. The van der Waals surface area contributed by atoms with Crippen LogP contribution in [0.2, 0.25) is 0 Å². The van der Waals surface area contributed by atoms with Gasteiger partial charge in [-0.05, 0) is 6.92 Å². The van der Waals surface area contributed by atoms with Crippen LogP contribution in [0.25, 0.3) is 0 Å². The molecule has 1 rings (SSSR count). The lowest BCUT2D eigenvalue weighted by molar-refractivity contribution is -0.147. The first-order valence-electron chi connectivity index (χ1n) is 4.72. The number of carboxylic acid groups (broad SMARTS) is 1. The average Bonchev–Trinajstić information content (AvgIpc) is 2.58. The number of carboxylic acids is 1. The second-order valence-corrected chi connectivity index (χ2v) is 4.27. The molecule has 0 bridgehead atoms. The number of carbonyl (C=O) groups excluding carboxylic acids is 1. The highest BCUT2D eigenvalue weighted by atomic mass is 32.1. The van der Waals surface area contributed by atoms with Crippen molar-refractivity contribution in [1.82, 2.24) is 10.3 Å². The summed E-state index contributed by atoms with van der Waals surface area (Å²) < 4.78 is 4.68. The molecule has 1 heterocycles. The molecule has 4 N–H and O–H groups in total. The van der Waals surface area contributed by atoms with Gasteiger partial charge in [-0.25, -0.2) is 9.78 Å². The molecule has 8 heteroatoms. The third-order valence-corrected chi connectivity index (χ3v) is 3.01. The molecule has 0 aliphatic carbocycles. The number of ether oxygens (including phenoxy) is 1. The van der Waals surface area contributed by atoms with Gasteiger partial charge in [0, 0.05) is 7.11 Å². The number of methoxy groups -OCH3 is 1. The average molecular weight is 259 g/mol. The maximum Gasteiger partial charge on any atom is 0.334 e. The Morgan fingerprint density at radius 1 is 1.65 bits per heavy atom. The first-order chi connectivity index (χ1) is 7.95. The van der Waals surface area contributed by atoms with Crippen molar-refractivity contribution in [2.24, 2.45) is 0 Å². The molecule has 17 heavy (non-hydrogen) atoms. The lowest BCUT2D eigenvalue weighted by Crippen LogP contribution is -2.37. The molecule has 1 unspecified atom stereocenters. The van der Waals surface area contributed by atoms with Crippen LogP contribution >= 0.6 is 11.3 Å². The van der Waals surface area contributed by atoms with E-state index in [1.54, 1.807) is 6.92 Å². The lowest BCUT2D eigenvalue weighted by atomic mass is 10.3. The summed E-state index contributed by atoms with van der Waals surface area (Å²) in [6, 6.07) is 0. The van der Waals surface area contributed by atoms with Crippen LogP contribution in [0, 0.1) is 6.92 Å². The number of rotatable bonds is 5. The number of aryl methyl sites for hydroxylation is 1. The van der Waals surface area contributed by atoms with Crippen molar-refractivity contribution in [3.63, 3.8) is 0 Å². The van der Waals surface area contributed by atoms with E-state index in [1.165, 1.54) is 7.11 Å². The molecule has 0 aliphatic heterocycles. The number of thiazole rings is 1. The third kappa shape index (κ3) is 3.40. The molecule has 0 radical (unpaired) electrons. The Hall–Kier alpha value is -1.67. The monoisotopic (exact) mass is 259 g/mol. The Morgan fingerprint density at radius 3 is 2.71 bits per heavy atom. The van der Waals surface area contributed by atoms with Crippen LogP contribution in [-0.4, -0.2) is 41.7 Å². The number of amides is 1. The minimum Gasteiger partial charge on any atom is -0.479 e. The SMILES string of the molecule is COC(CNC(=O)c1sc(N)nc1C)C(=O)O. The van der Waals surface area contributed by atoms with Gasteiger partial charge in [-0.2, -0.15) is 0 Å². The molecule has 94 valence electrons. The van der Waals surface area contributed by atoms with E-state index in [9.17, 15) is 9.59 Å². The number of nitrogens with zero attached hydrogens (tertiary/aromatic N) is 1. The second kappa shape index (κ2) is 5.60. The number of aliphatic carboxylic acids is 1. The molecule has 1 atom stereocenters. The molecule has 0 aromatic carbocycles. The minimum absolute atomic E-state index is 0.109. The van der Waals surface area contributed by atoms with Crippen molar-refractivity contribution in [3.05, 3.63) is 10.6 Å². The quantitative estimate of drug-likeness (QED) is 0.678. The van der Waals surface area contributed by atoms with Gasteiger partial charge >= 0.3 is 5.97 Å². The Balaban J connectivity index is 2.61. The highest BCUT2D eigenvalue weighted by molar-refractivity contribution is 7.17. The summed E-state index contributed by atoms with van der Waals surface area (Å²) in [5.41, 5.74) is 5.98. The van der Waals surface area contributed by atoms with Gasteiger partial charge in [-0.15, -0.1) is 0 Å². The number of hydrogen-bond acceptors (Lipinski definition) is 6. The zero-order chi connectivity index (χ0) is 13.0. The van der Waals surface area contributed by atoms with Gasteiger partial charge in [-0.3, -0.25) is 4.79 Å². The molecule has 0 saturated heterocycles. The molecule has 1 aromatic heterocycles. The molecule has 0 saturated carbocycles. The number of nitrogens with two attached hydrogens (primary N) is 1. The van der Waals surface area contributed by atoms with Gasteiger partial charge in [0.1, 0.15) is 4.88 Å². The maximum atomic E-state index is 11.7. The van der Waals surface area contributed by atoms with Crippen LogP contribution in [0.1, 0.15) is 15.4 Å². The van der Waals surface area contributed by atoms with Crippen molar-refractivity contribution in [3.8, 4) is 0 Å². The predicted octanol–water partition coefficient (Wildman–Crippen LogP) is -0.137. The fraction of sp³-hybridized carbons (Fsp3) is 0.444. The number of aromatic nitrogens is 1. The first kappa shape index (κ1) is 13.4. The Kier molecular flexibility index (Phi) is 4.41. The van der Waals surface area contributed by atoms with E-state index >= 15 is 0 Å². The standard InChI is InChI=1S/C9H13N3O4S/c1-4-6(17-9(10)12-4)7(13)11-3-5(16-2)8(14)15/h5H,3H2,1-2H3,(H2,10,12)(H,11,13)(H,14,15). The molecular formula is C9H13N3O4S. The van der Waals surface area contributed by atoms with Gasteiger partial charge < -0.3 is 20.9 Å². The summed E-state index contributed by atoms with van der Waals surface area (Å²) in [5.74, 6) is -1.53. The van der Waals surface area contributed by atoms with Crippen LogP contribution in [0.15, 0.2) is 0 Å².